The fourth-order valence-electron chi connectivity index (χ4n) is 1.22. The molecule has 0 N–H and O–H groups in total. The van der Waals surface area contributed by atoms with E-state index < -0.39 is 20.9 Å². The fourth-order valence-corrected chi connectivity index (χ4v) is 2.52. The van der Waals surface area contributed by atoms with E-state index in [0.29, 0.717) is 5.57 Å². The molecule has 0 saturated carbocycles. The van der Waals surface area contributed by atoms with Gasteiger partial charge in [0.15, 0.2) is 0 Å². The van der Waals surface area contributed by atoms with E-state index in [2.05, 4.69) is 6.58 Å². The highest BCUT2D eigenvalue weighted by Crippen LogP contribution is 2.20. The second-order valence-electron chi connectivity index (χ2n) is 3.42. The number of hydrogen-bond donors (Lipinski definition) is 0. The first kappa shape index (κ1) is 14.3. The Morgan fingerprint density at radius 1 is 1.47 bits per heavy atom. The Morgan fingerprint density at radius 2 is 2.00 bits per heavy atom. The summed E-state index contributed by atoms with van der Waals surface area (Å²) in [6.45, 7) is 8.98. The summed E-state index contributed by atoms with van der Waals surface area (Å²) >= 11 is 0. The number of hydrogen-bond acceptors (Lipinski definition) is 4. The van der Waals surface area contributed by atoms with Crippen LogP contribution in [0.4, 0.5) is 0 Å². The van der Waals surface area contributed by atoms with Gasteiger partial charge in [-0.15, -0.1) is 0 Å². The molecular weight excluding hydrogens is 212 g/mol. The van der Waals surface area contributed by atoms with Crippen LogP contribution in [0.3, 0.4) is 0 Å². The second-order valence-corrected chi connectivity index (χ2v) is 5.11. The van der Waals surface area contributed by atoms with Crippen LogP contribution in [0.25, 0.3) is 0 Å². The summed E-state index contributed by atoms with van der Waals surface area (Å²) in [5, 5.41) is 0. The van der Waals surface area contributed by atoms with E-state index in [1.54, 1.807) is 14.0 Å². The predicted molar refractivity (Wildman–Crippen MR) is 61.5 cm³/mol. The second kappa shape index (κ2) is 6.04. The van der Waals surface area contributed by atoms with Gasteiger partial charge in [-0.05, 0) is 13.8 Å². The molecular formula is C10H20O4Si. The first-order valence-electron chi connectivity index (χ1n) is 4.90. The van der Waals surface area contributed by atoms with Gasteiger partial charge in [-0.1, -0.05) is 13.1 Å². The van der Waals surface area contributed by atoms with E-state index in [-0.39, 0.29) is 6.10 Å². The van der Waals surface area contributed by atoms with Gasteiger partial charge >= 0.3 is 5.97 Å². The molecule has 5 heteroatoms. The van der Waals surface area contributed by atoms with Gasteiger partial charge in [-0.25, -0.2) is 4.79 Å². The van der Waals surface area contributed by atoms with E-state index in [1.807, 2.05) is 13.5 Å². The van der Waals surface area contributed by atoms with Gasteiger partial charge in [0.2, 0.25) is 5.41 Å². The first-order valence-corrected chi connectivity index (χ1v) is 7.02. The highest BCUT2D eigenvalue weighted by Gasteiger charge is 2.39. The minimum atomic E-state index is -0.898. The number of methoxy groups -OCH3 is 2. The molecule has 0 rings (SSSR count). The standard InChI is InChI=1S/C10H20O4Si/c1-7(2)9(11)14-10(13-5,15-6)8(3)12-4/h8H,1,15H2,2-6H3. The third-order valence-corrected chi connectivity index (χ3v) is 4.42. The normalized spacial score (nSPS) is 17.4. The maximum atomic E-state index is 11.5. The molecule has 0 heterocycles. The van der Waals surface area contributed by atoms with Gasteiger partial charge in [0.1, 0.15) is 15.6 Å². The monoisotopic (exact) mass is 232 g/mol. The Morgan fingerprint density at radius 3 is 2.27 bits per heavy atom. The van der Waals surface area contributed by atoms with Gasteiger partial charge in [-0.2, -0.15) is 0 Å². The molecule has 0 aromatic heterocycles. The molecule has 15 heavy (non-hydrogen) atoms. The summed E-state index contributed by atoms with van der Waals surface area (Å²) in [6, 6.07) is 0. The van der Waals surface area contributed by atoms with Gasteiger partial charge in [0.25, 0.3) is 0 Å². The fraction of sp³-hybridized carbons (Fsp3) is 0.700. The van der Waals surface area contributed by atoms with Crippen LogP contribution in [0.2, 0.25) is 6.55 Å². The number of ether oxygens (including phenoxy) is 3. The molecule has 2 atom stereocenters. The van der Waals surface area contributed by atoms with Crippen molar-refractivity contribution in [2.45, 2.75) is 31.9 Å². The predicted octanol–water partition coefficient (Wildman–Crippen LogP) is 0.658. The number of esters is 1. The van der Waals surface area contributed by atoms with Crippen molar-refractivity contribution in [3.05, 3.63) is 12.2 Å². The van der Waals surface area contributed by atoms with E-state index in [0.717, 1.165) is 0 Å². The largest absolute Gasteiger partial charge is 0.432 e. The van der Waals surface area contributed by atoms with Crippen molar-refractivity contribution in [3.63, 3.8) is 0 Å². The molecule has 0 amide bonds. The molecule has 0 radical (unpaired) electrons. The van der Waals surface area contributed by atoms with Crippen molar-refractivity contribution in [3.8, 4) is 0 Å². The van der Waals surface area contributed by atoms with Crippen LogP contribution in [-0.4, -0.2) is 41.2 Å². The van der Waals surface area contributed by atoms with Crippen molar-refractivity contribution in [1.82, 2.24) is 0 Å². The zero-order valence-electron chi connectivity index (χ0n) is 10.1. The third kappa shape index (κ3) is 3.44. The molecule has 0 spiro atoms. The van der Waals surface area contributed by atoms with Crippen molar-refractivity contribution < 1.29 is 19.0 Å². The minimum absolute atomic E-state index is 0.275. The quantitative estimate of drug-likeness (QED) is 0.292. The van der Waals surface area contributed by atoms with Crippen molar-refractivity contribution in [2.24, 2.45) is 0 Å². The van der Waals surface area contributed by atoms with Crippen LogP contribution in [0.5, 0.6) is 0 Å². The van der Waals surface area contributed by atoms with E-state index in [1.165, 1.54) is 7.11 Å². The minimum Gasteiger partial charge on any atom is -0.432 e. The number of carbonyl (C=O) groups excluding carboxylic acids is 1. The van der Waals surface area contributed by atoms with Crippen molar-refractivity contribution in [2.75, 3.05) is 14.2 Å². The first-order chi connectivity index (χ1) is 6.93. The van der Waals surface area contributed by atoms with E-state index in [4.69, 9.17) is 14.2 Å². The van der Waals surface area contributed by atoms with Crippen LogP contribution in [0.15, 0.2) is 12.2 Å². The molecule has 0 aliphatic carbocycles. The van der Waals surface area contributed by atoms with Gasteiger partial charge in [0.05, 0.1) is 0 Å². The lowest BCUT2D eigenvalue weighted by molar-refractivity contribution is -0.216. The molecule has 0 aromatic rings. The molecule has 0 fully saturated rings. The highest BCUT2D eigenvalue weighted by molar-refractivity contribution is 6.37. The number of rotatable bonds is 6. The average molecular weight is 232 g/mol. The van der Waals surface area contributed by atoms with Crippen LogP contribution < -0.4 is 0 Å². The zero-order valence-corrected chi connectivity index (χ0v) is 11.5. The molecule has 4 nitrogen and oxygen atoms in total. The van der Waals surface area contributed by atoms with Crippen LogP contribution in [0.1, 0.15) is 13.8 Å². The maximum absolute atomic E-state index is 11.5. The summed E-state index contributed by atoms with van der Waals surface area (Å²) in [5.74, 6) is -0.435. The zero-order chi connectivity index (χ0) is 12.1. The van der Waals surface area contributed by atoms with Crippen LogP contribution in [0, 0.1) is 0 Å². The highest BCUT2D eigenvalue weighted by atomic mass is 28.2. The average Bonchev–Trinajstić information content (AvgIpc) is 2.24. The van der Waals surface area contributed by atoms with Crippen LogP contribution in [-0.2, 0) is 19.0 Å². The topological polar surface area (TPSA) is 44.8 Å². The van der Waals surface area contributed by atoms with Crippen LogP contribution >= 0.6 is 0 Å². The van der Waals surface area contributed by atoms with E-state index >= 15 is 0 Å². The summed E-state index contributed by atoms with van der Waals surface area (Å²) in [7, 11) is 2.35. The lowest BCUT2D eigenvalue weighted by Crippen LogP contribution is -2.51. The van der Waals surface area contributed by atoms with Crippen molar-refractivity contribution in [1.29, 1.82) is 0 Å². The molecule has 0 bridgehead atoms. The Hall–Kier alpha value is -0.653. The summed E-state index contributed by atoms with van der Waals surface area (Å²) in [4.78, 5) is 11.5. The SMILES string of the molecule is C=C(C)C(=O)OC(OC)([SiH2]C)C(C)OC. The third-order valence-electron chi connectivity index (χ3n) is 2.43. The van der Waals surface area contributed by atoms with Crippen molar-refractivity contribution >= 4 is 15.5 Å². The lowest BCUT2D eigenvalue weighted by atomic mass is 10.3. The summed E-state index contributed by atoms with van der Waals surface area (Å²) in [5.41, 5.74) is -0.535. The molecule has 2 unspecified atom stereocenters. The van der Waals surface area contributed by atoms with Gasteiger partial charge < -0.3 is 14.2 Å². The lowest BCUT2D eigenvalue weighted by Gasteiger charge is -2.35. The Labute approximate surface area is 93.4 Å². The Bertz CT molecular complexity index is 236. The number of carbonyl (C=O) groups is 1. The summed E-state index contributed by atoms with van der Waals surface area (Å²) < 4.78 is 15.8. The van der Waals surface area contributed by atoms with E-state index in [9.17, 15) is 4.79 Å². The molecule has 88 valence electrons. The van der Waals surface area contributed by atoms with Gasteiger partial charge in [-0.3, -0.25) is 0 Å². The molecule has 0 aromatic carbocycles. The van der Waals surface area contributed by atoms with Gasteiger partial charge in [0, 0.05) is 19.8 Å². The smallest absolute Gasteiger partial charge is 0.335 e. The molecule has 0 aliphatic rings. The molecule has 0 aliphatic heterocycles. The molecule has 0 saturated heterocycles. The Balaban J connectivity index is 4.78. The summed E-state index contributed by atoms with van der Waals surface area (Å²) in [6.07, 6.45) is -0.275. The Kier molecular flexibility index (Phi) is 5.78. The maximum Gasteiger partial charge on any atom is 0.335 e.